The molecule has 1 heterocycles. The van der Waals surface area contributed by atoms with E-state index in [0.717, 1.165) is 0 Å². The van der Waals surface area contributed by atoms with E-state index in [1.54, 1.807) is 38.1 Å². The highest BCUT2D eigenvalue weighted by molar-refractivity contribution is 6.21. The third-order valence-corrected chi connectivity index (χ3v) is 3.39. The second-order valence-corrected chi connectivity index (χ2v) is 4.60. The maximum Gasteiger partial charge on any atom is 0.237 e. The number of hydrogen-bond donors (Lipinski definition) is 1. The summed E-state index contributed by atoms with van der Waals surface area (Å²) < 4.78 is 0. The van der Waals surface area contributed by atoms with Crippen LogP contribution >= 0.6 is 0 Å². The minimum absolute atomic E-state index is 0.176. The first kappa shape index (κ1) is 13.3. The highest BCUT2D eigenvalue weighted by atomic mass is 16.2. The molecule has 98 valence electrons. The molecule has 1 saturated heterocycles. The molecular weight excluding hydrogens is 242 g/mol. The quantitative estimate of drug-likeness (QED) is 0.607. The first-order chi connectivity index (χ1) is 9.06. The molecule has 1 aliphatic heterocycles. The van der Waals surface area contributed by atoms with Gasteiger partial charge in [0.1, 0.15) is 6.61 Å². The van der Waals surface area contributed by atoms with Gasteiger partial charge in [0.2, 0.25) is 11.8 Å². The summed E-state index contributed by atoms with van der Waals surface area (Å²) in [5.74, 6) is 4.36. The Labute approximate surface area is 112 Å². The number of benzene rings is 1. The molecule has 0 saturated carbocycles. The van der Waals surface area contributed by atoms with Crippen LogP contribution in [0.25, 0.3) is 0 Å². The lowest BCUT2D eigenvalue weighted by Gasteiger charge is -2.14. The van der Waals surface area contributed by atoms with Crippen molar-refractivity contribution in [2.45, 2.75) is 13.8 Å². The number of hydrogen-bond acceptors (Lipinski definition) is 3. The van der Waals surface area contributed by atoms with Gasteiger partial charge in [-0.3, -0.25) is 14.5 Å². The van der Waals surface area contributed by atoms with Gasteiger partial charge in [-0.05, 0) is 18.2 Å². The fourth-order valence-corrected chi connectivity index (χ4v) is 2.06. The monoisotopic (exact) mass is 257 g/mol. The summed E-state index contributed by atoms with van der Waals surface area (Å²) in [5.41, 5.74) is 1.20. The standard InChI is InChI=1S/C15H15NO3/c1-10-11(2)15(19)16(14(10)18)13-7-3-5-12(9-13)6-4-8-17/h3,5,7,9-11,17H,8H2,1-2H3. The van der Waals surface area contributed by atoms with Crippen LogP contribution in [-0.4, -0.2) is 23.5 Å². The fraction of sp³-hybridized carbons (Fsp3) is 0.333. The summed E-state index contributed by atoms with van der Waals surface area (Å²) in [6.07, 6.45) is 0. The molecule has 1 aliphatic rings. The number of anilines is 1. The van der Waals surface area contributed by atoms with Crippen molar-refractivity contribution in [1.82, 2.24) is 0 Å². The van der Waals surface area contributed by atoms with Crippen LogP contribution in [0.2, 0.25) is 0 Å². The smallest absolute Gasteiger partial charge is 0.237 e. The van der Waals surface area contributed by atoms with Crippen molar-refractivity contribution in [1.29, 1.82) is 0 Å². The van der Waals surface area contributed by atoms with Crippen molar-refractivity contribution in [3.63, 3.8) is 0 Å². The molecule has 0 bridgehead atoms. The van der Waals surface area contributed by atoms with Gasteiger partial charge in [-0.1, -0.05) is 31.8 Å². The molecular formula is C15H15NO3. The van der Waals surface area contributed by atoms with E-state index >= 15 is 0 Å². The van der Waals surface area contributed by atoms with Gasteiger partial charge in [0.15, 0.2) is 0 Å². The number of carbonyl (C=O) groups excluding carboxylic acids is 2. The van der Waals surface area contributed by atoms with Crippen molar-refractivity contribution in [3.05, 3.63) is 29.8 Å². The molecule has 0 spiro atoms. The number of aliphatic hydroxyl groups excluding tert-OH is 1. The number of carbonyl (C=O) groups is 2. The van der Waals surface area contributed by atoms with E-state index in [1.165, 1.54) is 4.90 Å². The van der Waals surface area contributed by atoms with Crippen LogP contribution in [0.4, 0.5) is 5.69 Å². The third-order valence-electron chi connectivity index (χ3n) is 3.39. The lowest BCUT2D eigenvalue weighted by Crippen LogP contribution is -2.30. The molecule has 1 fully saturated rings. The summed E-state index contributed by atoms with van der Waals surface area (Å²) in [5, 5.41) is 8.67. The number of aliphatic hydroxyl groups is 1. The van der Waals surface area contributed by atoms with Crippen molar-refractivity contribution in [3.8, 4) is 11.8 Å². The molecule has 0 aliphatic carbocycles. The Bertz CT molecular complexity index is 563. The zero-order valence-corrected chi connectivity index (χ0v) is 10.9. The van der Waals surface area contributed by atoms with Gasteiger partial charge in [0.25, 0.3) is 0 Å². The molecule has 1 aromatic carbocycles. The van der Waals surface area contributed by atoms with E-state index in [9.17, 15) is 9.59 Å². The van der Waals surface area contributed by atoms with Gasteiger partial charge in [-0.15, -0.1) is 0 Å². The van der Waals surface area contributed by atoms with Crippen molar-refractivity contribution < 1.29 is 14.7 Å². The van der Waals surface area contributed by atoms with Crippen LogP contribution in [0.15, 0.2) is 24.3 Å². The summed E-state index contributed by atoms with van der Waals surface area (Å²) >= 11 is 0. The molecule has 19 heavy (non-hydrogen) atoms. The lowest BCUT2D eigenvalue weighted by atomic mass is 10.00. The number of amides is 2. The normalized spacial score (nSPS) is 22.4. The molecule has 1 aromatic rings. The van der Waals surface area contributed by atoms with Crippen LogP contribution in [0.5, 0.6) is 0 Å². The van der Waals surface area contributed by atoms with Crippen molar-refractivity contribution >= 4 is 17.5 Å². The first-order valence-corrected chi connectivity index (χ1v) is 6.14. The first-order valence-electron chi connectivity index (χ1n) is 6.14. The van der Waals surface area contributed by atoms with Crippen LogP contribution in [0, 0.1) is 23.7 Å². The van der Waals surface area contributed by atoms with Gasteiger partial charge in [0.05, 0.1) is 5.69 Å². The van der Waals surface area contributed by atoms with Crippen LogP contribution < -0.4 is 4.90 Å². The fourth-order valence-electron chi connectivity index (χ4n) is 2.06. The minimum Gasteiger partial charge on any atom is -0.384 e. The average Bonchev–Trinajstić information content (AvgIpc) is 2.61. The number of rotatable bonds is 1. The SMILES string of the molecule is CC1C(=O)N(c2cccc(C#CCO)c2)C(=O)C1C. The van der Waals surface area contributed by atoms with E-state index in [2.05, 4.69) is 11.8 Å². The van der Waals surface area contributed by atoms with E-state index in [1.807, 2.05) is 0 Å². The van der Waals surface area contributed by atoms with E-state index in [0.29, 0.717) is 11.3 Å². The van der Waals surface area contributed by atoms with Crippen molar-refractivity contribution in [2.75, 3.05) is 11.5 Å². The summed E-state index contributed by atoms with van der Waals surface area (Å²) in [6, 6.07) is 6.91. The summed E-state index contributed by atoms with van der Waals surface area (Å²) in [7, 11) is 0. The molecule has 2 amide bonds. The Morgan fingerprint density at radius 3 is 2.42 bits per heavy atom. The number of imide groups is 1. The van der Waals surface area contributed by atoms with Crippen LogP contribution in [0.1, 0.15) is 19.4 Å². The van der Waals surface area contributed by atoms with Gasteiger partial charge in [0, 0.05) is 17.4 Å². The third kappa shape index (κ3) is 2.38. The molecule has 0 aromatic heterocycles. The largest absolute Gasteiger partial charge is 0.384 e. The van der Waals surface area contributed by atoms with Crippen LogP contribution in [-0.2, 0) is 9.59 Å². The second kappa shape index (κ2) is 5.25. The zero-order chi connectivity index (χ0) is 14.0. The predicted molar refractivity (Wildman–Crippen MR) is 71.2 cm³/mol. The minimum atomic E-state index is -0.292. The Balaban J connectivity index is 2.37. The van der Waals surface area contributed by atoms with Gasteiger partial charge in [-0.2, -0.15) is 0 Å². The molecule has 0 radical (unpaired) electrons. The van der Waals surface area contributed by atoms with Gasteiger partial charge >= 0.3 is 0 Å². The van der Waals surface area contributed by atoms with Crippen LogP contribution in [0.3, 0.4) is 0 Å². The Kier molecular flexibility index (Phi) is 3.68. The molecule has 2 rings (SSSR count). The molecule has 2 atom stereocenters. The van der Waals surface area contributed by atoms with Gasteiger partial charge in [-0.25, -0.2) is 0 Å². The zero-order valence-electron chi connectivity index (χ0n) is 10.9. The van der Waals surface area contributed by atoms with E-state index in [4.69, 9.17) is 5.11 Å². The predicted octanol–water partition coefficient (Wildman–Crippen LogP) is 1.18. The molecule has 4 nitrogen and oxygen atoms in total. The maximum absolute atomic E-state index is 12.1. The summed E-state index contributed by atoms with van der Waals surface area (Å²) in [4.78, 5) is 25.4. The van der Waals surface area contributed by atoms with E-state index < -0.39 is 0 Å². The average molecular weight is 257 g/mol. The van der Waals surface area contributed by atoms with E-state index in [-0.39, 0.29) is 30.3 Å². The molecule has 1 N–H and O–H groups in total. The highest BCUT2D eigenvalue weighted by Gasteiger charge is 2.42. The summed E-state index contributed by atoms with van der Waals surface area (Å²) in [6.45, 7) is 3.31. The topological polar surface area (TPSA) is 57.6 Å². The lowest BCUT2D eigenvalue weighted by molar-refractivity contribution is -0.122. The maximum atomic E-state index is 12.1. The highest BCUT2D eigenvalue weighted by Crippen LogP contribution is 2.30. The number of nitrogens with zero attached hydrogens (tertiary/aromatic N) is 1. The Morgan fingerprint density at radius 2 is 1.84 bits per heavy atom. The Hall–Kier alpha value is -2.12. The Morgan fingerprint density at radius 1 is 1.21 bits per heavy atom. The van der Waals surface area contributed by atoms with Gasteiger partial charge < -0.3 is 5.11 Å². The van der Waals surface area contributed by atoms with Crippen molar-refractivity contribution in [2.24, 2.45) is 11.8 Å². The second-order valence-electron chi connectivity index (χ2n) is 4.60. The molecule has 4 heteroatoms. The molecule has 2 unspecified atom stereocenters.